The highest BCUT2D eigenvalue weighted by Crippen LogP contribution is 2.63. The highest BCUT2D eigenvalue weighted by atomic mass is 79.9. The molecule has 2 rings (SSSR count). The van der Waals surface area contributed by atoms with Crippen LogP contribution in [0.3, 0.4) is 0 Å². The van der Waals surface area contributed by atoms with E-state index in [4.69, 9.17) is 22.7 Å². The molecule has 1 fully saturated rings. The van der Waals surface area contributed by atoms with Crippen molar-refractivity contribution in [2.45, 2.75) is 11.2 Å². The molecule has 1 aliphatic carbocycles. The molecule has 2 N–H and O–H groups in total. The van der Waals surface area contributed by atoms with E-state index in [2.05, 4.69) is 15.9 Å². The standard InChI is InChI=1S/C13H16BrNO3S2/c1-18-7-13(12(15)19)10(11(13)20(2,16)17)8-3-5-9(14)6-4-8/h3-6,10-11H,7H2,1-2H3,(H2,15,19)/t10-,11+,13+/m1/s1. The van der Waals surface area contributed by atoms with E-state index in [0.717, 1.165) is 10.0 Å². The number of halogens is 1. The van der Waals surface area contributed by atoms with Gasteiger partial charge in [-0.25, -0.2) is 8.42 Å². The molecule has 0 radical (unpaired) electrons. The normalized spacial score (nSPS) is 29.1. The minimum absolute atomic E-state index is 0.197. The van der Waals surface area contributed by atoms with Crippen LogP contribution in [-0.4, -0.2) is 38.6 Å². The van der Waals surface area contributed by atoms with Gasteiger partial charge in [-0.3, -0.25) is 0 Å². The lowest BCUT2D eigenvalue weighted by Gasteiger charge is -2.15. The summed E-state index contributed by atoms with van der Waals surface area (Å²) < 4.78 is 30.2. The number of methoxy groups -OCH3 is 1. The monoisotopic (exact) mass is 377 g/mol. The Balaban J connectivity index is 2.49. The number of sulfone groups is 1. The third-order valence-electron chi connectivity index (χ3n) is 3.79. The van der Waals surface area contributed by atoms with Gasteiger partial charge in [0.25, 0.3) is 0 Å². The van der Waals surface area contributed by atoms with Crippen LogP contribution < -0.4 is 5.73 Å². The smallest absolute Gasteiger partial charge is 0.152 e. The molecule has 1 aliphatic rings. The average molecular weight is 378 g/mol. The third kappa shape index (κ3) is 2.52. The van der Waals surface area contributed by atoms with Gasteiger partial charge in [-0.15, -0.1) is 0 Å². The predicted molar refractivity (Wildman–Crippen MR) is 86.6 cm³/mol. The van der Waals surface area contributed by atoms with Gasteiger partial charge in [0, 0.05) is 23.8 Å². The first-order valence-corrected chi connectivity index (χ1v) is 9.14. The quantitative estimate of drug-likeness (QED) is 0.793. The van der Waals surface area contributed by atoms with Crippen LogP contribution in [0.1, 0.15) is 11.5 Å². The molecule has 0 amide bonds. The highest BCUT2D eigenvalue weighted by molar-refractivity contribution is 9.10. The summed E-state index contributed by atoms with van der Waals surface area (Å²) in [6, 6.07) is 7.54. The highest BCUT2D eigenvalue weighted by Gasteiger charge is 2.71. The minimum atomic E-state index is -3.27. The summed E-state index contributed by atoms with van der Waals surface area (Å²) in [5, 5.41) is -0.617. The molecule has 110 valence electrons. The summed E-state index contributed by atoms with van der Waals surface area (Å²) in [6.07, 6.45) is 1.22. The number of benzene rings is 1. The number of rotatable bonds is 5. The van der Waals surface area contributed by atoms with Crippen LogP contribution in [-0.2, 0) is 14.6 Å². The second kappa shape index (κ2) is 5.36. The van der Waals surface area contributed by atoms with Crippen molar-refractivity contribution in [2.75, 3.05) is 20.0 Å². The molecule has 1 saturated carbocycles. The Morgan fingerprint density at radius 2 is 2.00 bits per heavy atom. The molecule has 0 saturated heterocycles. The molecule has 1 aromatic rings. The molecular weight excluding hydrogens is 362 g/mol. The van der Waals surface area contributed by atoms with Gasteiger partial charge in [0.15, 0.2) is 9.84 Å². The Morgan fingerprint density at radius 3 is 2.40 bits per heavy atom. The van der Waals surface area contributed by atoms with Crippen molar-refractivity contribution >= 4 is 43.0 Å². The minimum Gasteiger partial charge on any atom is -0.393 e. The second-order valence-corrected chi connectivity index (χ2v) is 8.64. The first-order chi connectivity index (χ1) is 9.25. The number of nitrogens with two attached hydrogens (primary N) is 1. The molecule has 1 aromatic carbocycles. The van der Waals surface area contributed by atoms with Crippen LogP contribution in [0.15, 0.2) is 28.7 Å². The summed E-state index contributed by atoms with van der Waals surface area (Å²) in [5.41, 5.74) is 5.95. The van der Waals surface area contributed by atoms with Crippen molar-refractivity contribution in [3.63, 3.8) is 0 Å². The Bertz CT molecular complexity index is 630. The van der Waals surface area contributed by atoms with Gasteiger partial charge in [0.1, 0.15) is 0 Å². The van der Waals surface area contributed by atoms with Gasteiger partial charge in [0.2, 0.25) is 0 Å². The van der Waals surface area contributed by atoms with Crippen LogP contribution in [0.2, 0.25) is 0 Å². The molecule has 3 atom stereocenters. The molecule has 0 unspecified atom stereocenters. The van der Waals surface area contributed by atoms with Crippen LogP contribution in [0.5, 0.6) is 0 Å². The molecule has 20 heavy (non-hydrogen) atoms. The number of hydrogen-bond acceptors (Lipinski definition) is 4. The topological polar surface area (TPSA) is 69.4 Å². The summed E-state index contributed by atoms with van der Waals surface area (Å²) >= 11 is 8.50. The van der Waals surface area contributed by atoms with Crippen molar-refractivity contribution in [3.05, 3.63) is 34.3 Å². The Labute approximate surface area is 132 Å². The lowest BCUT2D eigenvalue weighted by molar-refractivity contribution is 0.166. The van der Waals surface area contributed by atoms with Crippen molar-refractivity contribution in [2.24, 2.45) is 11.1 Å². The van der Waals surface area contributed by atoms with Crippen LogP contribution in [0.4, 0.5) is 0 Å². The molecule has 0 spiro atoms. The van der Waals surface area contributed by atoms with Crippen LogP contribution in [0, 0.1) is 5.41 Å². The summed E-state index contributed by atoms with van der Waals surface area (Å²) in [7, 11) is -1.75. The van der Waals surface area contributed by atoms with Crippen molar-refractivity contribution < 1.29 is 13.2 Å². The Morgan fingerprint density at radius 1 is 1.45 bits per heavy atom. The summed E-state index contributed by atoms with van der Waals surface area (Å²) in [4.78, 5) is 0.197. The summed E-state index contributed by atoms with van der Waals surface area (Å²) in [6.45, 7) is 0.209. The van der Waals surface area contributed by atoms with E-state index >= 15 is 0 Å². The maximum absolute atomic E-state index is 12.1. The van der Waals surface area contributed by atoms with E-state index in [1.807, 2.05) is 24.3 Å². The molecule has 0 aliphatic heterocycles. The third-order valence-corrected chi connectivity index (χ3v) is 6.31. The van der Waals surface area contributed by atoms with Gasteiger partial charge in [0.05, 0.1) is 22.3 Å². The lowest BCUT2D eigenvalue weighted by atomic mass is 10.00. The van der Waals surface area contributed by atoms with E-state index in [9.17, 15) is 8.42 Å². The maximum atomic E-state index is 12.1. The zero-order valence-electron chi connectivity index (χ0n) is 11.2. The lowest BCUT2D eigenvalue weighted by Crippen LogP contribution is -2.32. The fourth-order valence-corrected chi connectivity index (χ4v) is 5.52. The Kier molecular flexibility index (Phi) is 4.26. The molecule has 4 nitrogen and oxygen atoms in total. The van der Waals surface area contributed by atoms with E-state index in [-0.39, 0.29) is 17.5 Å². The van der Waals surface area contributed by atoms with E-state index in [0.29, 0.717) is 0 Å². The van der Waals surface area contributed by atoms with Crippen molar-refractivity contribution in [1.29, 1.82) is 0 Å². The second-order valence-electron chi connectivity index (χ2n) is 5.12. The Hall–Kier alpha value is -0.500. The maximum Gasteiger partial charge on any atom is 0.152 e. The van der Waals surface area contributed by atoms with Crippen LogP contribution >= 0.6 is 28.1 Å². The molecule has 7 heteroatoms. The average Bonchev–Trinajstić information content (AvgIpc) is 3.01. The van der Waals surface area contributed by atoms with Crippen molar-refractivity contribution in [3.8, 4) is 0 Å². The number of thiocarbonyl (C=S) groups is 1. The van der Waals surface area contributed by atoms with E-state index in [1.165, 1.54) is 13.4 Å². The molecule has 0 heterocycles. The van der Waals surface area contributed by atoms with Gasteiger partial charge in [-0.1, -0.05) is 40.3 Å². The first kappa shape index (κ1) is 15.9. The number of hydrogen-bond donors (Lipinski definition) is 1. The van der Waals surface area contributed by atoms with Crippen LogP contribution in [0.25, 0.3) is 0 Å². The SMILES string of the molecule is COC[C@]1(C(N)=S)[C@H](c2ccc(Br)cc2)[C@@H]1S(C)(=O)=O. The van der Waals surface area contributed by atoms with Gasteiger partial charge in [-0.2, -0.15) is 0 Å². The molecule has 0 bridgehead atoms. The van der Waals surface area contributed by atoms with E-state index < -0.39 is 20.5 Å². The first-order valence-electron chi connectivity index (χ1n) is 5.98. The summed E-state index contributed by atoms with van der Waals surface area (Å²) in [5.74, 6) is -0.247. The molecule has 0 aromatic heterocycles. The fourth-order valence-electron chi connectivity index (χ4n) is 2.95. The molecular formula is C13H16BrNO3S2. The van der Waals surface area contributed by atoms with Gasteiger partial charge < -0.3 is 10.5 Å². The van der Waals surface area contributed by atoms with Gasteiger partial charge >= 0.3 is 0 Å². The van der Waals surface area contributed by atoms with E-state index in [1.54, 1.807) is 0 Å². The largest absolute Gasteiger partial charge is 0.393 e. The zero-order valence-corrected chi connectivity index (χ0v) is 14.4. The predicted octanol–water partition coefficient (Wildman–Crippen LogP) is 1.88. The van der Waals surface area contributed by atoms with Gasteiger partial charge in [-0.05, 0) is 17.7 Å². The zero-order chi connectivity index (χ0) is 15.1. The van der Waals surface area contributed by atoms with Crippen molar-refractivity contribution in [1.82, 2.24) is 0 Å². The fraction of sp³-hybridized carbons (Fsp3) is 0.462. The number of ether oxygens (including phenoxy) is 1.